The molecule has 1 fully saturated rings. The summed E-state index contributed by atoms with van der Waals surface area (Å²) < 4.78 is 2.12. The summed E-state index contributed by atoms with van der Waals surface area (Å²) in [6.45, 7) is 4.93. The maximum Gasteiger partial charge on any atom is 0.0477 e. The van der Waals surface area contributed by atoms with Gasteiger partial charge in [-0.15, -0.1) is 0 Å². The number of nitrogens with zero attached hydrogens (tertiary/aromatic N) is 3. The Morgan fingerprint density at radius 2 is 1.33 bits per heavy atom. The summed E-state index contributed by atoms with van der Waals surface area (Å²) in [7, 11) is 6.41. The van der Waals surface area contributed by atoms with E-state index in [0.717, 1.165) is 0 Å². The Balaban J connectivity index is 0.000000138. The lowest BCUT2D eigenvalue weighted by Crippen LogP contribution is -2.42. The molecule has 3 rings (SSSR count). The van der Waals surface area contributed by atoms with Gasteiger partial charge in [-0.3, -0.25) is 0 Å². The van der Waals surface area contributed by atoms with Crippen molar-refractivity contribution in [3.05, 3.63) is 36.5 Å². The zero-order valence-corrected chi connectivity index (χ0v) is 11.6. The first-order valence-electron chi connectivity index (χ1n) is 6.54. The fourth-order valence-electron chi connectivity index (χ4n) is 2.13. The molecule has 0 spiro atoms. The van der Waals surface area contributed by atoms with E-state index in [1.807, 2.05) is 0 Å². The van der Waals surface area contributed by atoms with Gasteiger partial charge in [-0.2, -0.15) is 0 Å². The van der Waals surface area contributed by atoms with E-state index in [0.29, 0.717) is 0 Å². The van der Waals surface area contributed by atoms with E-state index in [1.54, 1.807) is 0 Å². The Morgan fingerprint density at radius 3 is 1.89 bits per heavy atom. The summed E-state index contributed by atoms with van der Waals surface area (Å²) in [5, 5.41) is 1.31. The van der Waals surface area contributed by atoms with E-state index < -0.39 is 0 Å². The van der Waals surface area contributed by atoms with Gasteiger partial charge >= 0.3 is 0 Å². The molecule has 2 aromatic rings. The molecule has 2 heterocycles. The van der Waals surface area contributed by atoms with Gasteiger partial charge in [0.15, 0.2) is 0 Å². The van der Waals surface area contributed by atoms with Crippen LogP contribution in [0.3, 0.4) is 0 Å². The molecule has 3 heteroatoms. The van der Waals surface area contributed by atoms with E-state index >= 15 is 0 Å². The Hall–Kier alpha value is -1.32. The van der Waals surface area contributed by atoms with Crippen molar-refractivity contribution in [1.82, 2.24) is 14.4 Å². The fourth-order valence-corrected chi connectivity index (χ4v) is 2.13. The lowest BCUT2D eigenvalue weighted by atomic mass is 10.2. The second-order valence-corrected chi connectivity index (χ2v) is 5.09. The van der Waals surface area contributed by atoms with Crippen LogP contribution in [-0.2, 0) is 7.05 Å². The number of likely N-dealkylation sites (N-methyl/N-ethyl adjacent to an activating group) is 2. The molecule has 0 saturated carbocycles. The Bertz CT molecular complexity index is 471. The molecule has 0 aliphatic carbocycles. The summed E-state index contributed by atoms with van der Waals surface area (Å²) in [5.74, 6) is 0. The number of hydrogen-bond acceptors (Lipinski definition) is 2. The first kappa shape index (κ1) is 13.1. The number of fused-ring (bicyclic) bond motifs is 1. The largest absolute Gasteiger partial charge is 0.351 e. The number of rotatable bonds is 0. The van der Waals surface area contributed by atoms with E-state index in [2.05, 4.69) is 72.0 Å². The summed E-state index contributed by atoms with van der Waals surface area (Å²) >= 11 is 0. The van der Waals surface area contributed by atoms with Gasteiger partial charge in [-0.05, 0) is 31.6 Å². The number of aryl methyl sites for hydroxylation is 1. The van der Waals surface area contributed by atoms with Crippen molar-refractivity contribution in [1.29, 1.82) is 0 Å². The van der Waals surface area contributed by atoms with Crippen LogP contribution in [0.5, 0.6) is 0 Å². The molecular formula is C15H23N3. The van der Waals surface area contributed by atoms with Gasteiger partial charge < -0.3 is 14.4 Å². The maximum absolute atomic E-state index is 2.36. The standard InChI is InChI=1S/C9H9N.C6H14N2/c1-10-7-6-8-4-2-3-5-9(8)10;1-7-3-5-8(2)6-4-7/h2-7H,1H3;3-6H2,1-2H3. The predicted octanol–water partition coefficient (Wildman–Crippen LogP) is 2.04. The van der Waals surface area contributed by atoms with E-state index in [9.17, 15) is 0 Å². The van der Waals surface area contributed by atoms with Crippen molar-refractivity contribution in [2.24, 2.45) is 7.05 Å². The SMILES string of the molecule is CN1CCN(C)CC1.Cn1ccc2ccccc21. The normalized spacial score (nSPS) is 17.5. The summed E-state index contributed by atoms with van der Waals surface area (Å²) in [5.41, 5.74) is 1.29. The highest BCUT2D eigenvalue weighted by Crippen LogP contribution is 2.12. The third-order valence-electron chi connectivity index (χ3n) is 3.52. The number of piperazine rings is 1. The van der Waals surface area contributed by atoms with Crippen molar-refractivity contribution < 1.29 is 0 Å². The molecule has 0 atom stereocenters. The summed E-state index contributed by atoms with van der Waals surface area (Å²) in [6.07, 6.45) is 2.07. The molecular weight excluding hydrogens is 222 g/mol. The zero-order valence-electron chi connectivity index (χ0n) is 11.6. The van der Waals surface area contributed by atoms with Crippen LogP contribution >= 0.6 is 0 Å². The maximum atomic E-state index is 2.36. The first-order chi connectivity index (χ1) is 8.66. The highest BCUT2D eigenvalue weighted by atomic mass is 15.2. The van der Waals surface area contributed by atoms with Gasteiger partial charge in [0.1, 0.15) is 0 Å². The molecule has 1 aromatic carbocycles. The van der Waals surface area contributed by atoms with E-state index in [-0.39, 0.29) is 0 Å². The molecule has 1 aliphatic rings. The molecule has 0 unspecified atom stereocenters. The topological polar surface area (TPSA) is 11.4 Å². The average molecular weight is 245 g/mol. The lowest BCUT2D eigenvalue weighted by Gasteiger charge is -2.28. The van der Waals surface area contributed by atoms with Gasteiger partial charge in [0, 0.05) is 44.9 Å². The molecule has 3 nitrogen and oxygen atoms in total. The Labute approximate surface area is 110 Å². The van der Waals surface area contributed by atoms with Crippen LogP contribution in [0.25, 0.3) is 10.9 Å². The Kier molecular flexibility index (Phi) is 4.39. The van der Waals surface area contributed by atoms with Gasteiger partial charge in [0.2, 0.25) is 0 Å². The number of benzene rings is 1. The molecule has 1 aromatic heterocycles. The van der Waals surface area contributed by atoms with Crippen molar-refractivity contribution in [2.75, 3.05) is 40.3 Å². The molecule has 98 valence electrons. The smallest absolute Gasteiger partial charge is 0.0477 e. The molecule has 0 radical (unpaired) electrons. The monoisotopic (exact) mass is 245 g/mol. The molecule has 18 heavy (non-hydrogen) atoms. The number of hydrogen-bond donors (Lipinski definition) is 0. The van der Waals surface area contributed by atoms with Crippen LogP contribution in [0.4, 0.5) is 0 Å². The van der Waals surface area contributed by atoms with Crippen LogP contribution in [0, 0.1) is 0 Å². The van der Waals surface area contributed by atoms with Gasteiger partial charge in [0.25, 0.3) is 0 Å². The highest BCUT2D eigenvalue weighted by Gasteiger charge is 2.07. The van der Waals surface area contributed by atoms with Crippen LogP contribution in [-0.4, -0.2) is 54.6 Å². The Morgan fingerprint density at radius 1 is 0.778 bits per heavy atom. The van der Waals surface area contributed by atoms with Crippen LogP contribution in [0.15, 0.2) is 36.5 Å². The molecule has 1 aliphatic heterocycles. The molecule has 0 amide bonds. The number of para-hydroxylation sites is 1. The van der Waals surface area contributed by atoms with Crippen LogP contribution < -0.4 is 0 Å². The molecule has 0 N–H and O–H groups in total. The van der Waals surface area contributed by atoms with E-state index in [4.69, 9.17) is 0 Å². The van der Waals surface area contributed by atoms with Crippen molar-refractivity contribution in [3.8, 4) is 0 Å². The minimum Gasteiger partial charge on any atom is -0.351 e. The predicted molar refractivity (Wildman–Crippen MR) is 77.9 cm³/mol. The molecule has 1 saturated heterocycles. The third-order valence-corrected chi connectivity index (χ3v) is 3.52. The van der Waals surface area contributed by atoms with Gasteiger partial charge in [0.05, 0.1) is 0 Å². The second-order valence-electron chi connectivity index (χ2n) is 5.09. The van der Waals surface area contributed by atoms with Crippen molar-refractivity contribution >= 4 is 10.9 Å². The quantitative estimate of drug-likeness (QED) is 0.704. The minimum absolute atomic E-state index is 1.23. The van der Waals surface area contributed by atoms with Crippen LogP contribution in [0.1, 0.15) is 0 Å². The summed E-state index contributed by atoms with van der Waals surface area (Å²) in [4.78, 5) is 4.72. The zero-order chi connectivity index (χ0) is 13.0. The minimum atomic E-state index is 1.23. The lowest BCUT2D eigenvalue weighted by molar-refractivity contribution is 0.181. The number of aromatic nitrogens is 1. The first-order valence-corrected chi connectivity index (χ1v) is 6.54. The summed E-state index contributed by atoms with van der Waals surface area (Å²) in [6, 6.07) is 10.5. The highest BCUT2D eigenvalue weighted by molar-refractivity contribution is 5.79. The average Bonchev–Trinajstić information content (AvgIpc) is 2.76. The van der Waals surface area contributed by atoms with E-state index in [1.165, 1.54) is 37.1 Å². The van der Waals surface area contributed by atoms with Gasteiger partial charge in [-0.25, -0.2) is 0 Å². The third kappa shape index (κ3) is 3.34. The van der Waals surface area contributed by atoms with Crippen molar-refractivity contribution in [2.45, 2.75) is 0 Å². The fraction of sp³-hybridized carbons (Fsp3) is 0.467. The van der Waals surface area contributed by atoms with Crippen molar-refractivity contribution in [3.63, 3.8) is 0 Å². The molecule has 0 bridgehead atoms. The second kappa shape index (κ2) is 6.03. The van der Waals surface area contributed by atoms with Crippen LogP contribution in [0.2, 0.25) is 0 Å². The van der Waals surface area contributed by atoms with Gasteiger partial charge in [-0.1, -0.05) is 18.2 Å².